The lowest BCUT2D eigenvalue weighted by atomic mass is 9.92. The fraction of sp³-hybridized carbons (Fsp3) is 0.293. The van der Waals surface area contributed by atoms with Crippen molar-refractivity contribution in [3.63, 3.8) is 0 Å². The molecule has 298 valence electrons. The minimum absolute atomic E-state index is 0.0393. The van der Waals surface area contributed by atoms with Gasteiger partial charge in [0.05, 0.1) is 24.5 Å². The lowest BCUT2D eigenvalue weighted by molar-refractivity contribution is 0.0193. The first-order chi connectivity index (χ1) is 27.0. The average Bonchev–Trinajstić information content (AvgIpc) is 3.64. The molecule has 0 aliphatic carbocycles. The molecule has 4 heterocycles. The van der Waals surface area contributed by atoms with E-state index in [1.807, 2.05) is 42.5 Å². The molecule has 7 rings (SSSR count). The minimum Gasteiger partial charge on any atom is -0.508 e. The van der Waals surface area contributed by atoms with Crippen LogP contribution < -0.4 is 4.90 Å². The summed E-state index contributed by atoms with van der Waals surface area (Å²) in [7, 11) is -1.01. The number of nitriles is 1. The van der Waals surface area contributed by atoms with Crippen LogP contribution in [0.15, 0.2) is 78.9 Å². The summed E-state index contributed by atoms with van der Waals surface area (Å²) in [6.45, 7) is 7.98. The van der Waals surface area contributed by atoms with Crippen LogP contribution in [-0.2, 0) is 42.2 Å². The van der Waals surface area contributed by atoms with Crippen molar-refractivity contribution in [3.8, 4) is 23.1 Å². The first kappa shape index (κ1) is 41.2. The topological polar surface area (TPSA) is 182 Å². The number of anilines is 2. The molecule has 2 aromatic heterocycles. The quantitative estimate of drug-likeness (QED) is 0.162. The van der Waals surface area contributed by atoms with Crippen LogP contribution in [0.3, 0.4) is 0 Å². The summed E-state index contributed by atoms with van der Waals surface area (Å²) in [5, 5.41) is 20.3. The molecule has 0 saturated carbocycles. The number of amides is 2. The Morgan fingerprint density at radius 3 is 2.19 bits per heavy atom. The average molecular weight is 815 g/mol. The fourth-order valence-electron chi connectivity index (χ4n) is 7.42. The third-order valence-corrected chi connectivity index (χ3v) is 10.9. The van der Waals surface area contributed by atoms with Crippen molar-refractivity contribution in [1.29, 1.82) is 5.26 Å². The summed E-state index contributed by atoms with van der Waals surface area (Å²) in [6.07, 6.45) is 0.754. The van der Waals surface area contributed by atoms with Crippen LogP contribution in [0.1, 0.15) is 48.9 Å². The Morgan fingerprint density at radius 2 is 1.56 bits per heavy atom. The lowest BCUT2D eigenvalue weighted by Gasteiger charge is -2.40. The van der Waals surface area contributed by atoms with Gasteiger partial charge < -0.3 is 23.9 Å². The Kier molecular flexibility index (Phi) is 12.2. The highest BCUT2D eigenvalue weighted by Crippen LogP contribution is 2.37. The van der Waals surface area contributed by atoms with E-state index in [0.29, 0.717) is 69.9 Å². The maximum Gasteiger partial charge on any atom is 0.394 e. The highest BCUT2D eigenvalue weighted by Gasteiger charge is 2.34. The first-order valence-corrected chi connectivity index (χ1v) is 19.9. The van der Waals surface area contributed by atoms with E-state index in [2.05, 4.69) is 29.2 Å². The number of hydrogen-bond acceptors (Lipinski definition) is 8. The maximum absolute atomic E-state index is 14.8. The molecule has 2 aliphatic heterocycles. The number of carbonyl (C=O) groups excluding carboxylic acids is 2. The maximum atomic E-state index is 14.8. The number of hydrogen-bond donors (Lipinski definition) is 3. The third-order valence-electron chi connectivity index (χ3n) is 10.6. The van der Waals surface area contributed by atoms with Gasteiger partial charge in [-0.25, -0.2) is 0 Å². The third kappa shape index (κ3) is 9.07. The van der Waals surface area contributed by atoms with Gasteiger partial charge in [-0.15, -0.1) is 0 Å². The van der Waals surface area contributed by atoms with Gasteiger partial charge in [0.1, 0.15) is 17.5 Å². The van der Waals surface area contributed by atoms with Gasteiger partial charge in [-0.3, -0.25) is 28.5 Å². The molecule has 14 nitrogen and oxygen atoms in total. The summed E-state index contributed by atoms with van der Waals surface area (Å²) in [4.78, 5) is 35.5. The normalized spacial score (nSPS) is 15.6. The Balaban J connectivity index is 0.00000103. The van der Waals surface area contributed by atoms with Crippen molar-refractivity contribution in [2.24, 2.45) is 14.1 Å². The van der Waals surface area contributed by atoms with Gasteiger partial charge in [0.25, 0.3) is 11.8 Å². The zero-order valence-electron chi connectivity index (χ0n) is 31.9. The Morgan fingerprint density at radius 1 is 0.912 bits per heavy atom. The zero-order valence-corrected chi connectivity index (χ0v) is 33.5. The molecule has 0 radical (unpaired) electrons. The van der Waals surface area contributed by atoms with E-state index in [1.165, 1.54) is 17.7 Å². The number of halogens is 1. The van der Waals surface area contributed by atoms with E-state index >= 15 is 0 Å². The minimum atomic E-state index is -4.67. The van der Waals surface area contributed by atoms with Gasteiger partial charge >= 0.3 is 10.4 Å². The number of nitrogens with zero attached hydrogens (tertiary/aromatic N) is 6. The summed E-state index contributed by atoms with van der Waals surface area (Å²) in [6, 6.07) is 25.7. The van der Waals surface area contributed by atoms with Gasteiger partial charge in [-0.05, 0) is 86.0 Å². The summed E-state index contributed by atoms with van der Waals surface area (Å²) >= 11 is 6.64. The second-order valence-corrected chi connectivity index (χ2v) is 15.4. The fourth-order valence-corrected chi connectivity index (χ4v) is 7.59. The van der Waals surface area contributed by atoms with E-state index in [9.17, 15) is 20.0 Å². The van der Waals surface area contributed by atoms with E-state index in [-0.39, 0.29) is 23.6 Å². The van der Waals surface area contributed by atoms with Gasteiger partial charge in [0.15, 0.2) is 0 Å². The molecule has 3 aromatic carbocycles. The van der Waals surface area contributed by atoms with Crippen molar-refractivity contribution in [2.45, 2.75) is 32.9 Å². The second-order valence-electron chi connectivity index (χ2n) is 14.0. The number of ether oxygens (including phenoxy) is 1. The van der Waals surface area contributed by atoms with E-state index in [4.69, 9.17) is 33.9 Å². The van der Waals surface area contributed by atoms with E-state index in [0.717, 1.165) is 37.3 Å². The first-order valence-electron chi connectivity index (χ1n) is 18.1. The SMILES string of the molecule is Cc1c(N(C(=O)c2cc(-c3cc(Cl)ccc3C(=O)N3Cc4ccccc4CC3CN3CCOCC3)n(C)c2C)c2ccc(O)cc2)cc(C#N)n1C.O=S(=O)(O)O. The molecule has 1 saturated heterocycles. The van der Waals surface area contributed by atoms with Crippen LogP contribution in [0.5, 0.6) is 5.75 Å². The number of phenols is 1. The van der Waals surface area contributed by atoms with Gasteiger partial charge in [0.2, 0.25) is 0 Å². The highest BCUT2D eigenvalue weighted by molar-refractivity contribution is 7.79. The van der Waals surface area contributed by atoms with Crippen molar-refractivity contribution in [3.05, 3.63) is 123 Å². The van der Waals surface area contributed by atoms with Crippen molar-refractivity contribution < 1.29 is 37.0 Å². The summed E-state index contributed by atoms with van der Waals surface area (Å²) in [5.74, 6) is -0.350. The molecule has 1 unspecified atom stereocenters. The number of phenolic OH excluding ortho intramolecular Hbond substituents is 1. The number of rotatable bonds is 7. The number of morpholine rings is 1. The van der Waals surface area contributed by atoms with E-state index < -0.39 is 10.4 Å². The molecule has 1 fully saturated rings. The van der Waals surface area contributed by atoms with Crippen LogP contribution in [0.25, 0.3) is 11.3 Å². The highest BCUT2D eigenvalue weighted by atomic mass is 35.5. The molecule has 16 heteroatoms. The van der Waals surface area contributed by atoms with Crippen molar-refractivity contribution in [1.82, 2.24) is 18.9 Å². The largest absolute Gasteiger partial charge is 0.508 e. The Bertz CT molecular complexity index is 2460. The summed E-state index contributed by atoms with van der Waals surface area (Å²) < 4.78 is 40.8. The van der Waals surface area contributed by atoms with Gasteiger partial charge in [-0.2, -0.15) is 13.7 Å². The molecule has 57 heavy (non-hydrogen) atoms. The summed E-state index contributed by atoms with van der Waals surface area (Å²) in [5.41, 5.74) is 7.52. The predicted molar refractivity (Wildman–Crippen MR) is 215 cm³/mol. The molecular weight excluding hydrogens is 772 g/mol. The van der Waals surface area contributed by atoms with Crippen LogP contribution in [-0.4, -0.2) is 92.3 Å². The Labute approximate surface area is 336 Å². The zero-order chi connectivity index (χ0) is 41.2. The molecule has 0 spiro atoms. The number of benzene rings is 3. The smallest absolute Gasteiger partial charge is 0.394 e. The molecule has 5 aromatic rings. The number of carbonyl (C=O) groups is 2. The second kappa shape index (κ2) is 16.9. The van der Waals surface area contributed by atoms with E-state index in [1.54, 1.807) is 52.9 Å². The molecule has 2 aliphatic rings. The lowest BCUT2D eigenvalue weighted by Crippen LogP contribution is -2.52. The Hall–Kier alpha value is -5.47. The van der Waals surface area contributed by atoms with Crippen LogP contribution >= 0.6 is 11.6 Å². The van der Waals surface area contributed by atoms with Crippen LogP contribution in [0.2, 0.25) is 5.02 Å². The molecule has 1 atom stereocenters. The van der Waals surface area contributed by atoms with Crippen LogP contribution in [0.4, 0.5) is 11.4 Å². The molecule has 3 N–H and O–H groups in total. The molecule has 2 amide bonds. The number of aromatic nitrogens is 2. The van der Waals surface area contributed by atoms with Gasteiger partial charge in [-0.1, -0.05) is 35.9 Å². The monoisotopic (exact) mass is 814 g/mol. The van der Waals surface area contributed by atoms with Crippen molar-refractivity contribution >= 4 is 45.2 Å². The standard InChI is InChI=1S/C41H41ClN6O4.H2O4S/c1-26-36(41(51)48(31-10-12-34(49)13-11-31)38-21-32(23-43)44(3)27(38)2)22-39(45(26)4)37-20-30(42)9-14-35(37)40(50)47-24-29-8-6-5-7-28(29)19-33(47)25-46-15-17-52-18-16-46;1-5(2,3)4/h5-14,20-22,33,49H,15-19,24-25H2,1-4H3;(H2,1,2,3,4). The van der Waals surface area contributed by atoms with Gasteiger partial charge in [0, 0.05) is 85.2 Å². The molecule has 0 bridgehead atoms. The predicted octanol–water partition coefficient (Wildman–Crippen LogP) is 6.10. The number of aromatic hydroxyl groups is 1. The number of fused-ring (bicyclic) bond motifs is 1. The van der Waals surface area contributed by atoms with Crippen molar-refractivity contribution in [2.75, 3.05) is 37.7 Å². The van der Waals surface area contributed by atoms with Crippen LogP contribution in [0, 0.1) is 25.2 Å². The molecular formula is C41H43ClN6O8S.